The maximum atomic E-state index is 14.4. The lowest BCUT2D eigenvalue weighted by Crippen LogP contribution is -2.42. The Morgan fingerprint density at radius 3 is 2.62 bits per heavy atom. The van der Waals surface area contributed by atoms with Gasteiger partial charge in [0.15, 0.2) is 0 Å². The first-order valence-corrected chi connectivity index (χ1v) is 11.1. The Morgan fingerprint density at radius 2 is 1.91 bits per heavy atom. The molecule has 1 fully saturated rings. The van der Waals surface area contributed by atoms with E-state index in [0.717, 1.165) is 30.3 Å². The average Bonchev–Trinajstić information content (AvgIpc) is 2.82. The highest BCUT2D eigenvalue weighted by Crippen LogP contribution is 2.38. The van der Waals surface area contributed by atoms with E-state index in [1.165, 1.54) is 12.4 Å². The number of carbonyl (C=O) groups excluding carboxylic acids is 1. The van der Waals surface area contributed by atoms with Crippen LogP contribution in [0, 0.1) is 23.4 Å². The SMILES string of the molecule is C[C@H]1C[C@H](c2ccncc2NC(=O)c2ccc(F)c(-c3c(F)cccc3F)n2)O[C@H](CCl)[C@H]1O. The molecule has 1 saturated heterocycles. The van der Waals surface area contributed by atoms with Crippen molar-refractivity contribution in [2.75, 3.05) is 11.2 Å². The summed E-state index contributed by atoms with van der Waals surface area (Å²) in [6.45, 7) is 1.88. The van der Waals surface area contributed by atoms with Crippen molar-refractivity contribution in [3.63, 3.8) is 0 Å². The van der Waals surface area contributed by atoms with E-state index in [0.29, 0.717) is 17.7 Å². The number of aliphatic hydroxyl groups excluding tert-OH is 1. The number of alkyl halides is 1. The summed E-state index contributed by atoms with van der Waals surface area (Å²) in [7, 11) is 0. The minimum Gasteiger partial charge on any atom is -0.390 e. The van der Waals surface area contributed by atoms with Crippen LogP contribution in [0.25, 0.3) is 11.3 Å². The van der Waals surface area contributed by atoms with E-state index in [9.17, 15) is 23.1 Å². The number of nitrogens with zero attached hydrogens (tertiary/aromatic N) is 2. The number of ether oxygens (including phenoxy) is 1. The average molecular weight is 492 g/mol. The Hall–Kier alpha value is -3.01. The van der Waals surface area contributed by atoms with Crippen LogP contribution in [0.1, 0.15) is 35.5 Å². The summed E-state index contributed by atoms with van der Waals surface area (Å²) >= 11 is 5.94. The van der Waals surface area contributed by atoms with Gasteiger partial charge >= 0.3 is 0 Å². The van der Waals surface area contributed by atoms with Gasteiger partial charge in [-0.25, -0.2) is 18.2 Å². The summed E-state index contributed by atoms with van der Waals surface area (Å²) < 4.78 is 48.7. The zero-order chi connectivity index (χ0) is 24.4. The molecule has 0 spiro atoms. The minimum absolute atomic E-state index is 0.101. The van der Waals surface area contributed by atoms with Gasteiger partial charge in [0.1, 0.15) is 28.8 Å². The van der Waals surface area contributed by atoms with Gasteiger partial charge in [0.25, 0.3) is 5.91 Å². The number of amides is 1. The first-order valence-electron chi connectivity index (χ1n) is 10.6. The standard InChI is InChI=1S/C24H21ClF3N3O3/c1-12-9-19(34-20(10-25)23(12)32)13-7-8-29-11-18(13)31-24(33)17-6-5-16(28)22(30-17)21-14(26)3-2-4-15(21)27/h2-8,11-12,19-20,23,32H,9-10H2,1H3,(H,31,33)/t12-,19+,20+,23-/m0/s1. The number of rotatable bonds is 5. The van der Waals surface area contributed by atoms with Crippen LogP contribution >= 0.6 is 11.6 Å². The molecule has 6 nitrogen and oxygen atoms in total. The molecule has 0 radical (unpaired) electrons. The van der Waals surface area contributed by atoms with Crippen LogP contribution in [-0.4, -0.2) is 39.1 Å². The molecule has 1 aliphatic heterocycles. The number of aliphatic hydroxyl groups is 1. The summed E-state index contributed by atoms with van der Waals surface area (Å²) in [4.78, 5) is 20.9. The zero-order valence-corrected chi connectivity index (χ0v) is 18.8. The fraction of sp³-hybridized carbons (Fsp3) is 0.292. The van der Waals surface area contributed by atoms with Crippen LogP contribution in [-0.2, 0) is 4.74 Å². The molecule has 1 aromatic carbocycles. The maximum absolute atomic E-state index is 14.4. The van der Waals surface area contributed by atoms with Crippen molar-refractivity contribution in [2.24, 2.45) is 5.92 Å². The van der Waals surface area contributed by atoms with E-state index in [1.807, 2.05) is 6.92 Å². The lowest BCUT2D eigenvalue weighted by Gasteiger charge is -2.38. The lowest BCUT2D eigenvalue weighted by atomic mass is 9.88. The monoisotopic (exact) mass is 491 g/mol. The zero-order valence-electron chi connectivity index (χ0n) is 18.0. The molecule has 0 aliphatic carbocycles. The van der Waals surface area contributed by atoms with Gasteiger partial charge in [-0.2, -0.15) is 0 Å². The van der Waals surface area contributed by atoms with Crippen molar-refractivity contribution < 1.29 is 27.8 Å². The highest BCUT2D eigenvalue weighted by molar-refractivity contribution is 6.18. The Labute approximate surface area is 198 Å². The first kappa shape index (κ1) is 24.1. The van der Waals surface area contributed by atoms with E-state index in [1.54, 1.807) is 6.07 Å². The first-order chi connectivity index (χ1) is 16.3. The summed E-state index contributed by atoms with van der Waals surface area (Å²) in [5.41, 5.74) is -0.593. The van der Waals surface area contributed by atoms with Gasteiger partial charge in [0.05, 0.1) is 41.6 Å². The summed E-state index contributed by atoms with van der Waals surface area (Å²) in [6, 6.07) is 6.81. The topological polar surface area (TPSA) is 84.3 Å². The highest BCUT2D eigenvalue weighted by Gasteiger charge is 2.36. The van der Waals surface area contributed by atoms with Crippen molar-refractivity contribution in [1.29, 1.82) is 0 Å². The molecule has 10 heteroatoms. The number of hydrogen-bond acceptors (Lipinski definition) is 5. The van der Waals surface area contributed by atoms with Gasteiger partial charge in [-0.3, -0.25) is 9.78 Å². The van der Waals surface area contributed by atoms with Gasteiger partial charge in [0.2, 0.25) is 0 Å². The molecule has 2 aromatic heterocycles. The van der Waals surface area contributed by atoms with Crippen molar-refractivity contribution in [3.05, 3.63) is 77.5 Å². The van der Waals surface area contributed by atoms with Crippen molar-refractivity contribution in [3.8, 4) is 11.3 Å². The lowest BCUT2D eigenvalue weighted by molar-refractivity contribution is -0.133. The van der Waals surface area contributed by atoms with Crippen LogP contribution < -0.4 is 5.32 Å². The van der Waals surface area contributed by atoms with E-state index >= 15 is 0 Å². The predicted molar refractivity (Wildman–Crippen MR) is 120 cm³/mol. The third-order valence-corrected chi connectivity index (χ3v) is 6.07. The number of benzene rings is 1. The van der Waals surface area contributed by atoms with Gasteiger partial charge in [-0.1, -0.05) is 13.0 Å². The van der Waals surface area contributed by atoms with Gasteiger partial charge < -0.3 is 15.2 Å². The number of carbonyl (C=O) groups is 1. The number of pyridine rings is 2. The molecule has 0 bridgehead atoms. The summed E-state index contributed by atoms with van der Waals surface area (Å²) in [5.74, 6) is -3.71. The van der Waals surface area contributed by atoms with E-state index in [-0.39, 0.29) is 17.5 Å². The molecule has 4 rings (SSSR count). The number of halogens is 4. The third kappa shape index (κ3) is 4.77. The van der Waals surface area contributed by atoms with Gasteiger partial charge in [-0.05, 0) is 42.7 Å². The van der Waals surface area contributed by atoms with Crippen molar-refractivity contribution in [2.45, 2.75) is 31.7 Å². The second-order valence-corrected chi connectivity index (χ2v) is 8.37. The van der Waals surface area contributed by atoms with Crippen LogP contribution in [0.4, 0.5) is 18.9 Å². The fourth-order valence-electron chi connectivity index (χ4n) is 3.96. The molecule has 3 heterocycles. The Bertz CT molecular complexity index is 1190. The molecule has 0 saturated carbocycles. The third-order valence-electron chi connectivity index (χ3n) is 5.77. The van der Waals surface area contributed by atoms with Crippen molar-refractivity contribution >= 4 is 23.2 Å². The molecule has 2 N–H and O–H groups in total. The summed E-state index contributed by atoms with van der Waals surface area (Å²) in [6.07, 6.45) is 1.67. The Morgan fingerprint density at radius 1 is 1.18 bits per heavy atom. The predicted octanol–water partition coefficient (Wildman–Crippen LogP) is 4.88. The highest BCUT2D eigenvalue weighted by atomic mass is 35.5. The summed E-state index contributed by atoms with van der Waals surface area (Å²) in [5, 5.41) is 12.9. The Kier molecular flexibility index (Phi) is 7.16. The normalized spacial score (nSPS) is 22.4. The fourth-order valence-corrected chi connectivity index (χ4v) is 4.22. The molecule has 34 heavy (non-hydrogen) atoms. The molecule has 0 unspecified atom stereocenters. The number of nitrogens with one attached hydrogen (secondary N) is 1. The second kappa shape index (κ2) is 10.1. The number of anilines is 1. The van der Waals surface area contributed by atoms with E-state index in [2.05, 4.69) is 15.3 Å². The van der Waals surface area contributed by atoms with Crippen molar-refractivity contribution in [1.82, 2.24) is 9.97 Å². The quantitative estimate of drug-likeness (QED) is 0.497. The molecule has 178 valence electrons. The smallest absolute Gasteiger partial charge is 0.274 e. The largest absolute Gasteiger partial charge is 0.390 e. The molecular weight excluding hydrogens is 471 g/mol. The van der Waals surface area contributed by atoms with Crippen LogP contribution in [0.5, 0.6) is 0 Å². The Balaban J connectivity index is 1.63. The maximum Gasteiger partial charge on any atom is 0.274 e. The van der Waals surface area contributed by atoms with E-state index < -0.39 is 52.9 Å². The molecule has 3 aromatic rings. The van der Waals surface area contributed by atoms with E-state index in [4.69, 9.17) is 16.3 Å². The van der Waals surface area contributed by atoms with Gasteiger partial charge in [0, 0.05) is 11.8 Å². The number of hydrogen-bond donors (Lipinski definition) is 2. The molecule has 1 amide bonds. The van der Waals surface area contributed by atoms with Crippen LogP contribution in [0.15, 0.2) is 48.8 Å². The van der Waals surface area contributed by atoms with Crippen LogP contribution in [0.2, 0.25) is 0 Å². The molecular formula is C24H21ClF3N3O3. The molecule has 4 atom stereocenters. The van der Waals surface area contributed by atoms with Gasteiger partial charge in [-0.15, -0.1) is 11.6 Å². The second-order valence-electron chi connectivity index (χ2n) is 8.06. The molecule has 1 aliphatic rings. The minimum atomic E-state index is -1.00. The number of aromatic nitrogens is 2. The van der Waals surface area contributed by atoms with Crippen LogP contribution in [0.3, 0.4) is 0 Å².